The van der Waals surface area contributed by atoms with Crippen molar-refractivity contribution in [1.82, 2.24) is 9.91 Å². The van der Waals surface area contributed by atoms with Crippen molar-refractivity contribution < 1.29 is 0 Å². The Labute approximate surface area is 48.6 Å². The van der Waals surface area contributed by atoms with Crippen molar-refractivity contribution in [3.63, 3.8) is 0 Å². The van der Waals surface area contributed by atoms with Crippen molar-refractivity contribution in [1.29, 1.82) is 0 Å². The molecule has 4 heteroatoms. The molecule has 0 saturated carbocycles. The zero-order valence-corrected chi connectivity index (χ0v) is 5.13. The molecule has 0 amide bonds. The SMILES string of the molecule is CN1CN(C)C(N)=N1. The van der Waals surface area contributed by atoms with E-state index in [0.29, 0.717) is 5.96 Å². The minimum Gasteiger partial charge on any atom is -0.368 e. The summed E-state index contributed by atoms with van der Waals surface area (Å²) in [7, 11) is 3.79. The first-order valence-corrected chi connectivity index (χ1v) is 2.46. The zero-order chi connectivity index (χ0) is 6.15. The topological polar surface area (TPSA) is 44.9 Å². The average molecular weight is 114 g/mol. The van der Waals surface area contributed by atoms with E-state index < -0.39 is 0 Å². The molecule has 0 atom stereocenters. The standard InChI is InChI=1S/C4H10N4/c1-7-3-8(2)6-4(7)5/h3H2,1-2H3,(H2,5,6). The fraction of sp³-hybridized carbons (Fsp3) is 0.750. The zero-order valence-electron chi connectivity index (χ0n) is 5.13. The van der Waals surface area contributed by atoms with E-state index in [4.69, 9.17) is 5.73 Å². The molecule has 0 saturated heterocycles. The number of hydrogen-bond donors (Lipinski definition) is 1. The highest BCUT2D eigenvalue weighted by atomic mass is 15.6. The van der Waals surface area contributed by atoms with E-state index in [1.807, 2.05) is 19.0 Å². The van der Waals surface area contributed by atoms with Gasteiger partial charge in [0.05, 0.1) is 0 Å². The fourth-order valence-corrected chi connectivity index (χ4v) is 0.662. The molecule has 4 nitrogen and oxygen atoms in total. The van der Waals surface area contributed by atoms with Gasteiger partial charge in [-0.05, 0) is 0 Å². The molecule has 1 aliphatic rings. The predicted molar refractivity (Wildman–Crippen MR) is 32.0 cm³/mol. The summed E-state index contributed by atoms with van der Waals surface area (Å²) in [6.07, 6.45) is 0. The summed E-state index contributed by atoms with van der Waals surface area (Å²) in [5.41, 5.74) is 5.40. The molecule has 46 valence electrons. The number of guanidine groups is 1. The first-order chi connectivity index (χ1) is 3.70. The molecule has 0 radical (unpaired) electrons. The van der Waals surface area contributed by atoms with Crippen LogP contribution in [0, 0.1) is 0 Å². The lowest BCUT2D eigenvalue weighted by atomic mass is 10.8. The minimum absolute atomic E-state index is 0.590. The van der Waals surface area contributed by atoms with Crippen molar-refractivity contribution in [2.75, 3.05) is 20.8 Å². The monoisotopic (exact) mass is 114 g/mol. The highest BCUT2D eigenvalue weighted by molar-refractivity contribution is 5.78. The largest absolute Gasteiger partial charge is 0.368 e. The average Bonchev–Trinajstić information content (AvgIpc) is 1.85. The van der Waals surface area contributed by atoms with E-state index in [9.17, 15) is 0 Å². The summed E-state index contributed by atoms with van der Waals surface area (Å²) in [4.78, 5) is 1.88. The molecular formula is C4H10N4. The third-order valence-electron chi connectivity index (χ3n) is 1.08. The van der Waals surface area contributed by atoms with E-state index in [0.717, 1.165) is 6.67 Å². The van der Waals surface area contributed by atoms with Crippen molar-refractivity contribution in [2.45, 2.75) is 0 Å². The van der Waals surface area contributed by atoms with Gasteiger partial charge in [-0.2, -0.15) is 0 Å². The van der Waals surface area contributed by atoms with E-state index >= 15 is 0 Å². The smallest absolute Gasteiger partial charge is 0.215 e. The first-order valence-electron chi connectivity index (χ1n) is 2.46. The van der Waals surface area contributed by atoms with Gasteiger partial charge >= 0.3 is 0 Å². The molecule has 8 heavy (non-hydrogen) atoms. The Morgan fingerprint density at radius 1 is 1.62 bits per heavy atom. The normalized spacial score (nSPS) is 19.5. The second kappa shape index (κ2) is 1.54. The predicted octanol–water partition coefficient (Wildman–Crippen LogP) is -0.949. The maximum atomic E-state index is 5.40. The number of nitrogens with two attached hydrogens (primary N) is 1. The number of nitrogens with zero attached hydrogens (tertiary/aromatic N) is 3. The van der Waals surface area contributed by atoms with Crippen molar-refractivity contribution >= 4 is 5.96 Å². The fourth-order valence-electron chi connectivity index (χ4n) is 0.662. The molecule has 0 fully saturated rings. The van der Waals surface area contributed by atoms with Gasteiger partial charge in [0.2, 0.25) is 5.96 Å². The summed E-state index contributed by atoms with van der Waals surface area (Å²) < 4.78 is 0. The Hall–Kier alpha value is -0.930. The lowest BCUT2D eigenvalue weighted by Gasteiger charge is -2.09. The van der Waals surface area contributed by atoms with Crippen LogP contribution in [0.2, 0.25) is 0 Å². The van der Waals surface area contributed by atoms with Gasteiger partial charge in [-0.15, -0.1) is 5.10 Å². The molecule has 0 aromatic rings. The third kappa shape index (κ3) is 0.685. The van der Waals surface area contributed by atoms with Crippen LogP contribution < -0.4 is 5.73 Å². The van der Waals surface area contributed by atoms with Gasteiger partial charge in [-0.3, -0.25) is 5.01 Å². The van der Waals surface area contributed by atoms with Crippen molar-refractivity contribution in [3.8, 4) is 0 Å². The van der Waals surface area contributed by atoms with Gasteiger partial charge in [-0.1, -0.05) is 0 Å². The summed E-state index contributed by atoms with van der Waals surface area (Å²) in [5, 5.41) is 5.71. The van der Waals surface area contributed by atoms with Crippen LogP contribution in [0.4, 0.5) is 0 Å². The van der Waals surface area contributed by atoms with Crippen LogP contribution in [-0.4, -0.2) is 36.6 Å². The lowest BCUT2D eigenvalue weighted by molar-refractivity contribution is 0.302. The first kappa shape index (κ1) is 5.21. The van der Waals surface area contributed by atoms with Crippen molar-refractivity contribution in [2.24, 2.45) is 10.8 Å². The second-order valence-corrected chi connectivity index (χ2v) is 1.96. The number of hydrogen-bond acceptors (Lipinski definition) is 4. The summed E-state index contributed by atoms with van der Waals surface area (Å²) in [6, 6.07) is 0. The van der Waals surface area contributed by atoms with Gasteiger partial charge in [0.25, 0.3) is 0 Å². The quantitative estimate of drug-likeness (QED) is 0.441. The Morgan fingerprint density at radius 3 is 2.38 bits per heavy atom. The molecule has 1 aliphatic heterocycles. The number of hydrazone groups is 1. The summed E-state index contributed by atoms with van der Waals surface area (Å²) in [5.74, 6) is 0.590. The van der Waals surface area contributed by atoms with Gasteiger partial charge in [0, 0.05) is 14.1 Å². The summed E-state index contributed by atoms with van der Waals surface area (Å²) in [6.45, 7) is 0.797. The Kier molecular flexibility index (Phi) is 1.00. The molecule has 2 N–H and O–H groups in total. The Bertz CT molecular complexity index is 119. The van der Waals surface area contributed by atoms with Crippen LogP contribution in [0.3, 0.4) is 0 Å². The molecule has 0 unspecified atom stereocenters. The Morgan fingerprint density at radius 2 is 2.25 bits per heavy atom. The molecule has 0 aromatic heterocycles. The van der Waals surface area contributed by atoms with Crippen LogP contribution in [-0.2, 0) is 0 Å². The maximum Gasteiger partial charge on any atom is 0.215 e. The van der Waals surface area contributed by atoms with Crippen molar-refractivity contribution in [3.05, 3.63) is 0 Å². The lowest BCUT2D eigenvalue weighted by Crippen LogP contribution is -2.30. The second-order valence-electron chi connectivity index (χ2n) is 1.96. The molecular weight excluding hydrogens is 104 g/mol. The molecule has 1 rings (SSSR count). The highest BCUT2D eigenvalue weighted by Crippen LogP contribution is 1.96. The van der Waals surface area contributed by atoms with Crippen LogP contribution in [0.25, 0.3) is 0 Å². The van der Waals surface area contributed by atoms with E-state index in [2.05, 4.69) is 5.10 Å². The van der Waals surface area contributed by atoms with Crippen LogP contribution in [0.1, 0.15) is 0 Å². The summed E-state index contributed by atoms with van der Waals surface area (Å²) >= 11 is 0. The molecule has 0 bridgehead atoms. The van der Waals surface area contributed by atoms with Gasteiger partial charge < -0.3 is 10.6 Å². The van der Waals surface area contributed by atoms with E-state index in [-0.39, 0.29) is 0 Å². The molecule has 0 aromatic carbocycles. The van der Waals surface area contributed by atoms with E-state index in [1.165, 1.54) is 0 Å². The van der Waals surface area contributed by atoms with Crippen LogP contribution in [0.5, 0.6) is 0 Å². The van der Waals surface area contributed by atoms with Gasteiger partial charge in [-0.25, -0.2) is 0 Å². The van der Waals surface area contributed by atoms with Crippen LogP contribution >= 0.6 is 0 Å². The molecule has 0 aliphatic carbocycles. The minimum atomic E-state index is 0.590. The van der Waals surface area contributed by atoms with Gasteiger partial charge in [0.15, 0.2) is 0 Å². The highest BCUT2D eigenvalue weighted by Gasteiger charge is 2.11. The number of rotatable bonds is 0. The maximum absolute atomic E-state index is 5.40. The molecule has 1 heterocycles. The van der Waals surface area contributed by atoms with Crippen LogP contribution in [0.15, 0.2) is 5.10 Å². The molecule has 0 spiro atoms. The Balaban J connectivity index is 2.59. The van der Waals surface area contributed by atoms with Gasteiger partial charge in [0.1, 0.15) is 6.67 Å². The third-order valence-corrected chi connectivity index (χ3v) is 1.08. The van der Waals surface area contributed by atoms with E-state index in [1.54, 1.807) is 5.01 Å².